The van der Waals surface area contributed by atoms with Crippen LogP contribution in [0.5, 0.6) is 0 Å². The van der Waals surface area contributed by atoms with Crippen LogP contribution in [0.3, 0.4) is 0 Å². The van der Waals surface area contributed by atoms with Crippen LogP contribution < -0.4 is 0 Å². The van der Waals surface area contributed by atoms with Gasteiger partial charge in [-0.25, -0.2) is 4.98 Å². The largest absolute Gasteiger partial charge is 0.456 e. The Hall–Kier alpha value is -7.63. The van der Waals surface area contributed by atoms with E-state index in [0.29, 0.717) is 0 Å². The van der Waals surface area contributed by atoms with Gasteiger partial charge in [0.05, 0.1) is 39.1 Å². The van der Waals surface area contributed by atoms with Gasteiger partial charge in [-0.05, 0) is 71.8 Å². The Morgan fingerprint density at radius 3 is 1.46 bits per heavy atom. The zero-order valence-electron chi connectivity index (χ0n) is 30.2. The molecule has 4 heterocycles. The Bertz CT molecular complexity index is 3260. The first-order valence-electron chi connectivity index (χ1n) is 19.0. The summed E-state index contributed by atoms with van der Waals surface area (Å²) in [5.41, 5.74) is 12.8. The number of furan rings is 1. The van der Waals surface area contributed by atoms with Crippen molar-refractivity contribution in [3.05, 3.63) is 194 Å². The van der Waals surface area contributed by atoms with Crippen molar-refractivity contribution >= 4 is 65.6 Å². The lowest BCUT2D eigenvalue weighted by Crippen LogP contribution is -2.09. The van der Waals surface area contributed by atoms with Gasteiger partial charge in [0, 0.05) is 50.3 Å². The third-order valence-electron chi connectivity index (χ3n) is 11.3. The molecule has 0 aliphatic rings. The predicted molar refractivity (Wildman–Crippen MR) is 230 cm³/mol. The molecule has 8 aromatic carbocycles. The molecule has 0 saturated carbocycles. The topological polar surface area (TPSA) is 40.8 Å². The normalized spacial score (nSPS) is 11.9. The molecule has 0 amide bonds. The highest BCUT2D eigenvalue weighted by Crippen LogP contribution is 2.41. The van der Waals surface area contributed by atoms with E-state index in [1.165, 1.54) is 21.5 Å². The SMILES string of the molecule is c1cc(-c2ccc3oc4ccccc4c3c2)cc(-c2nccn2-c2c(-n3c4ccccc4c4ccccc43)cccc2-n2c3ccccc3c3ccccc32)c1. The van der Waals surface area contributed by atoms with E-state index in [0.717, 1.165) is 83.6 Å². The number of para-hydroxylation sites is 6. The Labute approximate surface area is 321 Å². The van der Waals surface area contributed by atoms with E-state index in [-0.39, 0.29) is 0 Å². The molecule has 56 heavy (non-hydrogen) atoms. The first-order chi connectivity index (χ1) is 27.8. The summed E-state index contributed by atoms with van der Waals surface area (Å²) in [7, 11) is 0. The van der Waals surface area contributed by atoms with Gasteiger partial charge in [0.2, 0.25) is 0 Å². The molecule has 0 unspecified atom stereocenters. The molecule has 12 aromatic rings. The minimum Gasteiger partial charge on any atom is -0.456 e. The fraction of sp³-hybridized carbons (Fsp3) is 0. The minimum atomic E-state index is 0.858. The molecule has 0 atom stereocenters. The number of rotatable bonds is 5. The summed E-state index contributed by atoms with van der Waals surface area (Å²) in [4.78, 5) is 5.10. The summed E-state index contributed by atoms with van der Waals surface area (Å²) in [5, 5.41) is 7.11. The monoisotopic (exact) mass is 716 g/mol. The first-order valence-corrected chi connectivity index (χ1v) is 19.0. The maximum absolute atomic E-state index is 6.16. The van der Waals surface area contributed by atoms with E-state index in [1.54, 1.807) is 0 Å². The summed E-state index contributed by atoms with van der Waals surface area (Å²) in [6.07, 6.45) is 4.03. The van der Waals surface area contributed by atoms with Crippen molar-refractivity contribution in [2.45, 2.75) is 0 Å². The standard InChI is InChI=1S/C51H32N4O/c1-6-20-42-36(15-1)37-16-2-7-21-43(37)54(42)46-24-12-25-47(55-44-22-8-3-17-38(44)39-18-4-9-23-45(39)55)50(46)53-30-29-52-51(53)35-14-11-13-33(31-35)34-27-28-49-41(32-34)40-19-5-10-26-48(40)56-49/h1-32H. The Morgan fingerprint density at radius 2 is 0.857 bits per heavy atom. The third-order valence-corrected chi connectivity index (χ3v) is 11.3. The molecule has 0 fully saturated rings. The van der Waals surface area contributed by atoms with Crippen LogP contribution in [0.1, 0.15) is 0 Å². The van der Waals surface area contributed by atoms with E-state index >= 15 is 0 Å². The zero-order valence-corrected chi connectivity index (χ0v) is 30.2. The maximum atomic E-state index is 6.16. The molecule has 4 aromatic heterocycles. The molecular formula is C51H32N4O. The van der Waals surface area contributed by atoms with Crippen LogP contribution in [-0.4, -0.2) is 18.7 Å². The molecule has 0 aliphatic carbocycles. The van der Waals surface area contributed by atoms with Crippen molar-refractivity contribution in [1.29, 1.82) is 0 Å². The van der Waals surface area contributed by atoms with E-state index < -0.39 is 0 Å². The van der Waals surface area contributed by atoms with Gasteiger partial charge in [-0.2, -0.15) is 0 Å². The molecule has 262 valence electrons. The highest BCUT2D eigenvalue weighted by molar-refractivity contribution is 6.11. The number of fused-ring (bicyclic) bond motifs is 9. The molecule has 0 spiro atoms. The lowest BCUT2D eigenvalue weighted by atomic mass is 10.0. The Morgan fingerprint density at radius 1 is 0.375 bits per heavy atom. The second-order valence-corrected chi connectivity index (χ2v) is 14.4. The molecule has 0 bridgehead atoms. The number of aromatic nitrogens is 4. The second-order valence-electron chi connectivity index (χ2n) is 14.4. The van der Waals surface area contributed by atoms with E-state index in [4.69, 9.17) is 9.40 Å². The molecule has 5 heteroatoms. The van der Waals surface area contributed by atoms with Gasteiger partial charge in [-0.1, -0.05) is 121 Å². The van der Waals surface area contributed by atoms with Gasteiger partial charge in [0.15, 0.2) is 0 Å². The number of imidazole rings is 1. The molecule has 0 N–H and O–H groups in total. The fourth-order valence-corrected chi connectivity index (χ4v) is 8.93. The first kappa shape index (κ1) is 30.8. The van der Waals surface area contributed by atoms with Crippen molar-refractivity contribution in [3.8, 4) is 39.6 Å². The zero-order chi connectivity index (χ0) is 36.7. The van der Waals surface area contributed by atoms with Crippen molar-refractivity contribution in [2.75, 3.05) is 0 Å². The number of hydrogen-bond acceptors (Lipinski definition) is 2. The van der Waals surface area contributed by atoms with Crippen LogP contribution in [0.15, 0.2) is 199 Å². The Kier molecular flexibility index (Phi) is 6.56. The average molecular weight is 717 g/mol. The van der Waals surface area contributed by atoms with E-state index in [9.17, 15) is 0 Å². The van der Waals surface area contributed by atoms with Gasteiger partial charge >= 0.3 is 0 Å². The number of nitrogens with zero attached hydrogens (tertiary/aromatic N) is 4. The van der Waals surface area contributed by atoms with Crippen LogP contribution in [0.25, 0.3) is 105 Å². The highest BCUT2D eigenvalue weighted by Gasteiger charge is 2.23. The van der Waals surface area contributed by atoms with Crippen molar-refractivity contribution < 1.29 is 4.42 Å². The van der Waals surface area contributed by atoms with Crippen LogP contribution in [0, 0.1) is 0 Å². The van der Waals surface area contributed by atoms with Crippen LogP contribution in [0.4, 0.5) is 0 Å². The molecule has 12 rings (SSSR count). The van der Waals surface area contributed by atoms with E-state index in [2.05, 4.69) is 190 Å². The summed E-state index contributed by atoms with van der Waals surface area (Å²) < 4.78 is 13.3. The van der Waals surface area contributed by atoms with Crippen LogP contribution in [0.2, 0.25) is 0 Å². The average Bonchev–Trinajstić information content (AvgIpc) is 4.04. The van der Waals surface area contributed by atoms with Gasteiger partial charge < -0.3 is 13.6 Å². The van der Waals surface area contributed by atoms with Gasteiger partial charge in [0.25, 0.3) is 0 Å². The lowest BCUT2D eigenvalue weighted by Gasteiger charge is -2.21. The highest BCUT2D eigenvalue weighted by atomic mass is 16.3. The lowest BCUT2D eigenvalue weighted by molar-refractivity contribution is 0.669. The minimum absolute atomic E-state index is 0.858. The van der Waals surface area contributed by atoms with Crippen LogP contribution >= 0.6 is 0 Å². The smallest absolute Gasteiger partial charge is 0.144 e. The van der Waals surface area contributed by atoms with Gasteiger partial charge in [0.1, 0.15) is 17.0 Å². The number of benzene rings is 8. The molecule has 0 aliphatic heterocycles. The fourth-order valence-electron chi connectivity index (χ4n) is 8.93. The van der Waals surface area contributed by atoms with Crippen molar-refractivity contribution in [2.24, 2.45) is 0 Å². The second kappa shape index (κ2) is 11.9. The summed E-state index contributed by atoms with van der Waals surface area (Å²) >= 11 is 0. The molecule has 0 saturated heterocycles. The molecule has 5 nitrogen and oxygen atoms in total. The summed E-state index contributed by atoms with van der Waals surface area (Å²) in [6, 6.07) is 65.0. The predicted octanol–water partition coefficient (Wildman–Crippen LogP) is 13.3. The molecular weight excluding hydrogens is 685 g/mol. The maximum Gasteiger partial charge on any atom is 0.144 e. The quantitative estimate of drug-likeness (QED) is 0.178. The van der Waals surface area contributed by atoms with Gasteiger partial charge in [-0.3, -0.25) is 4.57 Å². The van der Waals surface area contributed by atoms with Crippen LogP contribution in [-0.2, 0) is 0 Å². The summed E-state index contributed by atoms with van der Waals surface area (Å²) in [6.45, 7) is 0. The Balaban J connectivity index is 1.13. The summed E-state index contributed by atoms with van der Waals surface area (Å²) in [5.74, 6) is 0.858. The van der Waals surface area contributed by atoms with E-state index in [1.807, 2.05) is 18.3 Å². The van der Waals surface area contributed by atoms with Crippen molar-refractivity contribution in [1.82, 2.24) is 18.7 Å². The number of hydrogen-bond donors (Lipinski definition) is 0. The third kappa shape index (κ3) is 4.46. The van der Waals surface area contributed by atoms with Crippen molar-refractivity contribution in [3.63, 3.8) is 0 Å². The van der Waals surface area contributed by atoms with Gasteiger partial charge in [-0.15, -0.1) is 0 Å². The molecule has 0 radical (unpaired) electrons.